The van der Waals surface area contributed by atoms with Crippen molar-refractivity contribution in [3.05, 3.63) is 35.4 Å². The molecule has 0 aromatic heterocycles. The largest absolute Gasteiger partial charge is 0.390 e. The summed E-state index contributed by atoms with van der Waals surface area (Å²) in [7, 11) is 0. The molecule has 23 heavy (non-hydrogen) atoms. The van der Waals surface area contributed by atoms with E-state index in [1.54, 1.807) is 0 Å². The van der Waals surface area contributed by atoms with E-state index in [1.165, 1.54) is 11.1 Å². The van der Waals surface area contributed by atoms with E-state index in [4.69, 9.17) is 4.74 Å². The Kier molecular flexibility index (Phi) is 6.20. The van der Waals surface area contributed by atoms with Gasteiger partial charge in [-0.05, 0) is 51.7 Å². The number of hydrogen-bond donors (Lipinski definition) is 2. The Morgan fingerprint density at radius 1 is 1.17 bits per heavy atom. The van der Waals surface area contributed by atoms with Crippen LogP contribution in [0, 0.1) is 0 Å². The van der Waals surface area contributed by atoms with E-state index in [1.807, 2.05) is 27.7 Å². The summed E-state index contributed by atoms with van der Waals surface area (Å²) >= 11 is 0. The summed E-state index contributed by atoms with van der Waals surface area (Å²) in [5.74, 6) is 0. The Labute approximate surface area is 140 Å². The molecule has 0 unspecified atom stereocenters. The van der Waals surface area contributed by atoms with Crippen molar-refractivity contribution in [2.75, 3.05) is 13.1 Å². The van der Waals surface area contributed by atoms with Gasteiger partial charge >= 0.3 is 0 Å². The fraction of sp³-hybridized carbons (Fsp3) is 0.684. The second-order valence-electron chi connectivity index (χ2n) is 7.61. The van der Waals surface area contributed by atoms with Crippen LogP contribution in [0.4, 0.5) is 0 Å². The third kappa shape index (κ3) is 6.22. The number of benzene rings is 1. The average molecular weight is 321 g/mol. The molecule has 0 amide bonds. The molecule has 2 rings (SSSR count). The molecular formula is C19H31NO3. The summed E-state index contributed by atoms with van der Waals surface area (Å²) < 4.78 is 5.76. The smallest absolute Gasteiger partial charge is 0.0976 e. The second-order valence-corrected chi connectivity index (χ2v) is 7.61. The third-order valence-electron chi connectivity index (χ3n) is 4.21. The van der Waals surface area contributed by atoms with E-state index in [-0.39, 0.29) is 12.2 Å². The average Bonchev–Trinajstić information content (AvgIpc) is 2.76. The van der Waals surface area contributed by atoms with Crippen LogP contribution in [0.5, 0.6) is 0 Å². The number of aliphatic hydroxyl groups is 2. The fourth-order valence-corrected chi connectivity index (χ4v) is 2.96. The number of β-amino-alcohol motifs (C(OH)–C–C–N with tert-alkyl or cyclic N) is 1. The molecule has 1 saturated heterocycles. The highest BCUT2D eigenvalue weighted by atomic mass is 16.5. The molecule has 0 aliphatic carbocycles. The predicted molar refractivity (Wildman–Crippen MR) is 92.4 cm³/mol. The van der Waals surface area contributed by atoms with E-state index < -0.39 is 11.7 Å². The number of likely N-dealkylation sites (tertiary alicyclic amines) is 1. The van der Waals surface area contributed by atoms with Gasteiger partial charge in [0, 0.05) is 19.6 Å². The first-order valence-electron chi connectivity index (χ1n) is 8.59. The number of ether oxygens (including phenoxy) is 1. The summed E-state index contributed by atoms with van der Waals surface area (Å²) in [6.45, 7) is 9.97. The lowest BCUT2D eigenvalue weighted by Crippen LogP contribution is -2.29. The van der Waals surface area contributed by atoms with E-state index in [0.29, 0.717) is 6.54 Å². The van der Waals surface area contributed by atoms with Crippen LogP contribution in [-0.2, 0) is 17.7 Å². The molecule has 0 saturated carbocycles. The van der Waals surface area contributed by atoms with Gasteiger partial charge in [0.1, 0.15) is 0 Å². The molecule has 2 N–H and O–H groups in total. The van der Waals surface area contributed by atoms with E-state index in [2.05, 4.69) is 29.2 Å². The lowest BCUT2D eigenvalue weighted by molar-refractivity contribution is -0.0396. The maximum absolute atomic E-state index is 10.1. The van der Waals surface area contributed by atoms with Crippen molar-refractivity contribution < 1.29 is 14.9 Å². The summed E-state index contributed by atoms with van der Waals surface area (Å²) in [6, 6.07) is 8.55. The van der Waals surface area contributed by atoms with Crippen LogP contribution in [-0.4, -0.2) is 52.1 Å². The molecule has 4 nitrogen and oxygen atoms in total. The monoisotopic (exact) mass is 321 g/mol. The van der Waals surface area contributed by atoms with E-state index >= 15 is 0 Å². The van der Waals surface area contributed by atoms with Gasteiger partial charge in [-0.15, -0.1) is 0 Å². The molecule has 4 heteroatoms. The van der Waals surface area contributed by atoms with Gasteiger partial charge in [-0.1, -0.05) is 24.3 Å². The Morgan fingerprint density at radius 2 is 1.78 bits per heavy atom. The molecule has 0 bridgehead atoms. The molecule has 2 atom stereocenters. The topological polar surface area (TPSA) is 52.9 Å². The van der Waals surface area contributed by atoms with Gasteiger partial charge in [0.25, 0.3) is 0 Å². The number of hydrogen-bond acceptors (Lipinski definition) is 4. The molecule has 0 radical (unpaired) electrons. The maximum atomic E-state index is 10.1. The first kappa shape index (κ1) is 18.4. The van der Waals surface area contributed by atoms with Crippen LogP contribution in [0.3, 0.4) is 0 Å². The zero-order valence-electron chi connectivity index (χ0n) is 14.8. The maximum Gasteiger partial charge on any atom is 0.0976 e. The first-order chi connectivity index (χ1) is 10.7. The molecule has 1 aliphatic rings. The second kappa shape index (κ2) is 7.75. The fourth-order valence-electron chi connectivity index (χ4n) is 2.96. The summed E-state index contributed by atoms with van der Waals surface area (Å²) in [5.41, 5.74) is 1.88. The predicted octanol–water partition coefficient (Wildman–Crippen LogP) is 2.36. The van der Waals surface area contributed by atoms with Gasteiger partial charge in [-0.2, -0.15) is 0 Å². The van der Waals surface area contributed by atoms with Crippen LogP contribution >= 0.6 is 0 Å². The lowest BCUT2D eigenvalue weighted by atomic mass is 9.98. The van der Waals surface area contributed by atoms with Gasteiger partial charge in [0.05, 0.1) is 23.9 Å². The van der Waals surface area contributed by atoms with Gasteiger partial charge < -0.3 is 14.9 Å². The minimum absolute atomic E-state index is 0.0824. The highest BCUT2D eigenvalue weighted by molar-refractivity contribution is 5.23. The van der Waals surface area contributed by atoms with Crippen molar-refractivity contribution >= 4 is 0 Å². The lowest BCUT2D eigenvalue weighted by Gasteiger charge is -2.18. The molecule has 1 aliphatic heterocycles. The van der Waals surface area contributed by atoms with Crippen molar-refractivity contribution in [3.63, 3.8) is 0 Å². The Bertz CT molecular complexity index is 478. The number of aliphatic hydroxyl groups excluding tert-OH is 1. The van der Waals surface area contributed by atoms with Crippen molar-refractivity contribution in [2.24, 2.45) is 0 Å². The van der Waals surface area contributed by atoms with Crippen molar-refractivity contribution in [1.29, 1.82) is 0 Å². The van der Waals surface area contributed by atoms with Gasteiger partial charge in [0.2, 0.25) is 0 Å². The number of nitrogens with zero attached hydrogens (tertiary/aromatic N) is 1. The zero-order valence-corrected chi connectivity index (χ0v) is 14.8. The highest BCUT2D eigenvalue weighted by Gasteiger charge is 2.32. The van der Waals surface area contributed by atoms with Crippen LogP contribution in [0.2, 0.25) is 0 Å². The first-order valence-corrected chi connectivity index (χ1v) is 8.59. The summed E-state index contributed by atoms with van der Waals surface area (Å²) in [4.78, 5) is 2.24. The molecule has 1 heterocycles. The summed E-state index contributed by atoms with van der Waals surface area (Å²) in [6.07, 6.45) is 1.31. The number of aryl methyl sites for hydroxylation is 1. The van der Waals surface area contributed by atoms with E-state index in [0.717, 1.165) is 25.9 Å². The van der Waals surface area contributed by atoms with Crippen LogP contribution in [0.25, 0.3) is 0 Å². The summed E-state index contributed by atoms with van der Waals surface area (Å²) in [5, 5.41) is 19.9. The van der Waals surface area contributed by atoms with Crippen LogP contribution < -0.4 is 0 Å². The van der Waals surface area contributed by atoms with Crippen molar-refractivity contribution in [3.8, 4) is 0 Å². The minimum atomic E-state index is -0.615. The van der Waals surface area contributed by atoms with Gasteiger partial charge in [0.15, 0.2) is 0 Å². The number of rotatable bonds is 7. The molecule has 130 valence electrons. The highest BCUT2D eigenvalue weighted by Crippen LogP contribution is 2.19. The van der Waals surface area contributed by atoms with Gasteiger partial charge in [-0.25, -0.2) is 0 Å². The molecule has 1 fully saturated rings. The Balaban J connectivity index is 1.84. The van der Waals surface area contributed by atoms with Crippen LogP contribution in [0.15, 0.2) is 24.3 Å². The third-order valence-corrected chi connectivity index (χ3v) is 4.21. The molecular weight excluding hydrogens is 290 g/mol. The molecule has 0 spiro atoms. The SMILES string of the molecule is CC(C)O[C@@H]1CN(Cc2ccc(CCC(C)(C)O)cc2)C[C@H]1O. The molecule has 1 aromatic carbocycles. The standard InChI is InChI=1S/C19H31NO3/c1-14(2)23-18-13-20(12-17(18)21)11-16-7-5-15(6-8-16)9-10-19(3,4)22/h5-8,14,17-18,21-22H,9-13H2,1-4H3/t17-,18-/m1/s1. The Morgan fingerprint density at radius 3 is 2.35 bits per heavy atom. The van der Waals surface area contributed by atoms with Crippen LogP contribution in [0.1, 0.15) is 45.2 Å². The molecule has 1 aromatic rings. The van der Waals surface area contributed by atoms with E-state index in [9.17, 15) is 10.2 Å². The van der Waals surface area contributed by atoms with Crippen molar-refractivity contribution in [1.82, 2.24) is 4.90 Å². The van der Waals surface area contributed by atoms with Gasteiger partial charge in [-0.3, -0.25) is 4.90 Å². The minimum Gasteiger partial charge on any atom is -0.390 e. The normalized spacial score (nSPS) is 22.9. The zero-order chi connectivity index (χ0) is 17.0. The quantitative estimate of drug-likeness (QED) is 0.809. The Hall–Kier alpha value is -0.940. The van der Waals surface area contributed by atoms with Crippen molar-refractivity contribution in [2.45, 2.75) is 71.0 Å².